The summed E-state index contributed by atoms with van der Waals surface area (Å²) in [5.74, 6) is 0.691. The molecule has 0 heterocycles. The first kappa shape index (κ1) is 11.4. The monoisotopic (exact) mass is 172 g/mol. The van der Waals surface area contributed by atoms with Crippen LogP contribution in [-0.2, 0) is 4.79 Å². The van der Waals surface area contributed by atoms with Crippen LogP contribution in [0.15, 0.2) is 0 Å². The van der Waals surface area contributed by atoms with E-state index < -0.39 is 0 Å². The summed E-state index contributed by atoms with van der Waals surface area (Å²) >= 11 is 0. The second kappa shape index (κ2) is 7.10. The fourth-order valence-corrected chi connectivity index (χ4v) is 1.06. The Morgan fingerprint density at radius 3 is 2.42 bits per heavy atom. The Balaban J connectivity index is 3.44. The van der Waals surface area contributed by atoms with Gasteiger partial charge in [0.1, 0.15) is 0 Å². The van der Waals surface area contributed by atoms with E-state index in [9.17, 15) is 4.79 Å². The number of hydrogen-bond donors (Lipinski definition) is 2. The smallest absolute Gasteiger partial charge is 0.221 e. The third-order valence-electron chi connectivity index (χ3n) is 2.11. The van der Waals surface area contributed by atoms with Crippen LogP contribution in [0, 0.1) is 5.92 Å². The molecular weight excluding hydrogens is 152 g/mol. The highest BCUT2D eigenvalue weighted by atomic mass is 16.1. The van der Waals surface area contributed by atoms with Gasteiger partial charge in [0, 0.05) is 19.5 Å². The number of hydrogen-bond acceptors (Lipinski definition) is 2. The lowest BCUT2D eigenvalue weighted by atomic mass is 10.0. The van der Waals surface area contributed by atoms with Crippen molar-refractivity contribution < 1.29 is 4.79 Å². The molecule has 3 N–H and O–H groups in total. The molecule has 3 nitrogen and oxygen atoms in total. The third-order valence-corrected chi connectivity index (χ3v) is 2.11. The number of amides is 1. The number of nitrogens with two attached hydrogens (primary N) is 1. The first-order valence-electron chi connectivity index (χ1n) is 4.71. The van der Waals surface area contributed by atoms with Crippen LogP contribution in [0.4, 0.5) is 0 Å². The van der Waals surface area contributed by atoms with E-state index in [-0.39, 0.29) is 5.91 Å². The summed E-state index contributed by atoms with van der Waals surface area (Å²) in [5.41, 5.74) is 5.24. The van der Waals surface area contributed by atoms with Gasteiger partial charge in [0.15, 0.2) is 0 Å². The molecule has 0 aromatic rings. The molecule has 72 valence electrons. The zero-order chi connectivity index (χ0) is 9.40. The number of nitrogens with one attached hydrogen (secondary N) is 1. The Labute approximate surface area is 74.7 Å². The maximum absolute atomic E-state index is 11.0. The summed E-state index contributed by atoms with van der Waals surface area (Å²) in [7, 11) is 0. The van der Waals surface area contributed by atoms with Crippen LogP contribution in [0.2, 0.25) is 0 Å². The Bertz CT molecular complexity index is 122. The molecule has 0 unspecified atom stereocenters. The van der Waals surface area contributed by atoms with Crippen LogP contribution in [0.1, 0.15) is 33.1 Å². The second-order valence-electron chi connectivity index (χ2n) is 3.03. The molecule has 0 atom stereocenters. The van der Waals surface area contributed by atoms with Crippen molar-refractivity contribution in [1.82, 2.24) is 5.32 Å². The van der Waals surface area contributed by atoms with Gasteiger partial charge in [-0.25, -0.2) is 0 Å². The molecule has 0 aromatic carbocycles. The topological polar surface area (TPSA) is 55.1 Å². The number of carbonyl (C=O) groups is 1. The molecule has 0 aromatic heterocycles. The minimum absolute atomic E-state index is 0.0735. The minimum atomic E-state index is 0.0735. The van der Waals surface area contributed by atoms with Gasteiger partial charge >= 0.3 is 0 Å². The van der Waals surface area contributed by atoms with E-state index >= 15 is 0 Å². The molecule has 0 aliphatic carbocycles. The zero-order valence-electron chi connectivity index (χ0n) is 8.10. The van der Waals surface area contributed by atoms with Crippen LogP contribution in [0.5, 0.6) is 0 Å². The van der Waals surface area contributed by atoms with E-state index in [1.165, 1.54) is 0 Å². The lowest BCUT2D eigenvalue weighted by molar-refractivity contribution is -0.121. The summed E-state index contributed by atoms with van der Waals surface area (Å²) in [6.45, 7) is 5.52. The van der Waals surface area contributed by atoms with E-state index in [2.05, 4.69) is 19.2 Å². The van der Waals surface area contributed by atoms with Gasteiger partial charge in [0.25, 0.3) is 0 Å². The molecule has 0 rings (SSSR count). The maximum Gasteiger partial charge on any atom is 0.221 e. The average molecular weight is 172 g/mol. The molecule has 3 heteroatoms. The van der Waals surface area contributed by atoms with Gasteiger partial charge in [0.2, 0.25) is 5.91 Å². The Kier molecular flexibility index (Phi) is 6.76. The number of rotatable bonds is 6. The van der Waals surface area contributed by atoms with Crippen LogP contribution >= 0.6 is 0 Å². The fraction of sp³-hybridized carbons (Fsp3) is 0.889. The van der Waals surface area contributed by atoms with Crippen molar-refractivity contribution in [3.8, 4) is 0 Å². The van der Waals surface area contributed by atoms with Crippen molar-refractivity contribution in [2.75, 3.05) is 13.1 Å². The SMILES string of the molecule is CCC(CC)CNC(=O)CCN. The van der Waals surface area contributed by atoms with Gasteiger partial charge in [-0.2, -0.15) is 0 Å². The summed E-state index contributed by atoms with van der Waals surface area (Å²) in [6.07, 6.45) is 2.69. The van der Waals surface area contributed by atoms with Crippen molar-refractivity contribution in [2.24, 2.45) is 11.7 Å². The van der Waals surface area contributed by atoms with Crippen LogP contribution < -0.4 is 11.1 Å². The Morgan fingerprint density at radius 2 is 2.00 bits per heavy atom. The first-order chi connectivity index (χ1) is 5.74. The molecule has 0 spiro atoms. The van der Waals surface area contributed by atoms with Crippen molar-refractivity contribution in [2.45, 2.75) is 33.1 Å². The molecule has 0 saturated heterocycles. The van der Waals surface area contributed by atoms with Gasteiger partial charge < -0.3 is 11.1 Å². The average Bonchev–Trinajstić information content (AvgIpc) is 2.07. The fourth-order valence-electron chi connectivity index (χ4n) is 1.06. The zero-order valence-corrected chi connectivity index (χ0v) is 8.10. The van der Waals surface area contributed by atoms with Crippen molar-refractivity contribution >= 4 is 5.91 Å². The highest BCUT2D eigenvalue weighted by molar-refractivity contribution is 5.75. The number of carbonyl (C=O) groups excluding carboxylic acids is 1. The standard InChI is InChI=1S/C9H20N2O/c1-3-8(4-2)7-11-9(12)5-6-10/h8H,3-7,10H2,1-2H3,(H,11,12). The highest BCUT2D eigenvalue weighted by Crippen LogP contribution is 2.04. The lowest BCUT2D eigenvalue weighted by Gasteiger charge is -2.12. The minimum Gasteiger partial charge on any atom is -0.356 e. The molecule has 0 aliphatic heterocycles. The predicted octanol–water partition coefficient (Wildman–Crippen LogP) is 0.888. The largest absolute Gasteiger partial charge is 0.356 e. The van der Waals surface area contributed by atoms with Crippen molar-refractivity contribution in [3.05, 3.63) is 0 Å². The third kappa shape index (κ3) is 5.13. The van der Waals surface area contributed by atoms with Crippen LogP contribution in [0.3, 0.4) is 0 Å². The van der Waals surface area contributed by atoms with Crippen molar-refractivity contribution in [1.29, 1.82) is 0 Å². The summed E-state index contributed by atoms with van der Waals surface area (Å²) in [4.78, 5) is 11.0. The van der Waals surface area contributed by atoms with Crippen molar-refractivity contribution in [3.63, 3.8) is 0 Å². The quantitative estimate of drug-likeness (QED) is 0.625. The van der Waals surface area contributed by atoms with E-state index in [0.717, 1.165) is 19.4 Å². The summed E-state index contributed by atoms with van der Waals surface area (Å²) < 4.78 is 0. The summed E-state index contributed by atoms with van der Waals surface area (Å²) in [6, 6.07) is 0. The van der Waals surface area contributed by atoms with E-state index in [1.54, 1.807) is 0 Å². The molecule has 0 fully saturated rings. The molecule has 12 heavy (non-hydrogen) atoms. The molecule has 0 bridgehead atoms. The van der Waals surface area contributed by atoms with Gasteiger partial charge in [0.05, 0.1) is 0 Å². The first-order valence-corrected chi connectivity index (χ1v) is 4.71. The molecule has 0 aliphatic rings. The predicted molar refractivity (Wildman–Crippen MR) is 50.8 cm³/mol. The molecule has 0 saturated carbocycles. The van der Waals surface area contributed by atoms with Gasteiger partial charge in [-0.3, -0.25) is 4.79 Å². The Morgan fingerprint density at radius 1 is 1.42 bits per heavy atom. The molecular formula is C9H20N2O. The van der Waals surface area contributed by atoms with Crippen LogP contribution in [0.25, 0.3) is 0 Å². The van der Waals surface area contributed by atoms with Gasteiger partial charge in [-0.05, 0) is 5.92 Å². The summed E-state index contributed by atoms with van der Waals surface area (Å²) in [5, 5.41) is 2.87. The lowest BCUT2D eigenvalue weighted by Crippen LogP contribution is -2.30. The van der Waals surface area contributed by atoms with Gasteiger partial charge in [-0.15, -0.1) is 0 Å². The Hall–Kier alpha value is -0.570. The highest BCUT2D eigenvalue weighted by Gasteiger charge is 2.04. The van der Waals surface area contributed by atoms with Gasteiger partial charge in [-0.1, -0.05) is 26.7 Å². The van der Waals surface area contributed by atoms with E-state index in [4.69, 9.17) is 5.73 Å². The maximum atomic E-state index is 11.0. The van der Waals surface area contributed by atoms with E-state index in [1.807, 2.05) is 0 Å². The molecule has 1 amide bonds. The second-order valence-corrected chi connectivity index (χ2v) is 3.03. The van der Waals surface area contributed by atoms with E-state index in [0.29, 0.717) is 18.9 Å². The molecule has 0 radical (unpaired) electrons. The van der Waals surface area contributed by atoms with Crippen LogP contribution in [-0.4, -0.2) is 19.0 Å². The normalized spacial score (nSPS) is 10.3.